The van der Waals surface area contributed by atoms with E-state index in [9.17, 15) is 5.11 Å². The fourth-order valence-electron chi connectivity index (χ4n) is 1.86. The average Bonchev–Trinajstić information content (AvgIpc) is 2.98. The van der Waals surface area contributed by atoms with Crippen molar-refractivity contribution >= 4 is 11.3 Å². The Morgan fingerprint density at radius 1 is 1.25 bits per heavy atom. The Balaban J connectivity index is 1.92. The van der Waals surface area contributed by atoms with Crippen molar-refractivity contribution in [1.82, 2.24) is 10.3 Å². The van der Waals surface area contributed by atoms with Crippen LogP contribution in [0, 0.1) is 0 Å². The third kappa shape index (κ3) is 3.61. The molecule has 2 rings (SSSR count). The zero-order valence-electron chi connectivity index (χ0n) is 11.5. The van der Waals surface area contributed by atoms with Gasteiger partial charge in [0.25, 0.3) is 0 Å². The normalized spacial score (nSPS) is 10.5. The molecule has 5 nitrogen and oxygen atoms in total. The SMILES string of the molecule is COc1cc(CNCCc2cscn2)cc(OC)c1O. The largest absolute Gasteiger partial charge is 0.502 e. The number of benzene rings is 1. The minimum atomic E-state index is 0.0289. The maximum atomic E-state index is 9.83. The van der Waals surface area contributed by atoms with Crippen LogP contribution in [0.2, 0.25) is 0 Å². The number of aromatic hydroxyl groups is 1. The van der Waals surface area contributed by atoms with E-state index in [-0.39, 0.29) is 5.75 Å². The standard InChI is InChI=1S/C14H18N2O3S/c1-18-12-5-10(6-13(19-2)14(12)17)7-15-4-3-11-8-20-9-16-11/h5-6,8-9,15,17H,3-4,7H2,1-2H3. The van der Waals surface area contributed by atoms with Crippen LogP contribution in [0.5, 0.6) is 17.2 Å². The van der Waals surface area contributed by atoms with Crippen molar-refractivity contribution in [3.05, 3.63) is 34.3 Å². The third-order valence-electron chi connectivity index (χ3n) is 2.91. The van der Waals surface area contributed by atoms with Gasteiger partial charge in [0.1, 0.15) is 0 Å². The lowest BCUT2D eigenvalue weighted by Gasteiger charge is -2.11. The molecule has 0 fully saturated rings. The Morgan fingerprint density at radius 3 is 2.50 bits per heavy atom. The van der Waals surface area contributed by atoms with Crippen molar-refractivity contribution in [2.75, 3.05) is 20.8 Å². The van der Waals surface area contributed by atoms with E-state index in [1.165, 1.54) is 14.2 Å². The van der Waals surface area contributed by atoms with Crippen LogP contribution in [0.25, 0.3) is 0 Å². The predicted molar refractivity (Wildman–Crippen MR) is 78.7 cm³/mol. The summed E-state index contributed by atoms with van der Waals surface area (Å²) in [7, 11) is 3.04. The van der Waals surface area contributed by atoms with Crippen molar-refractivity contribution in [2.45, 2.75) is 13.0 Å². The van der Waals surface area contributed by atoms with Crippen LogP contribution >= 0.6 is 11.3 Å². The van der Waals surface area contributed by atoms with Crippen LogP contribution in [0.1, 0.15) is 11.3 Å². The van der Waals surface area contributed by atoms with E-state index in [1.54, 1.807) is 23.5 Å². The fourth-order valence-corrected chi connectivity index (χ4v) is 2.45. The topological polar surface area (TPSA) is 63.6 Å². The number of phenolic OH excluding ortho intramolecular Hbond substituents is 1. The molecule has 0 spiro atoms. The quantitative estimate of drug-likeness (QED) is 0.767. The number of phenols is 1. The Labute approximate surface area is 122 Å². The molecule has 0 unspecified atom stereocenters. The summed E-state index contributed by atoms with van der Waals surface area (Å²) in [4.78, 5) is 4.23. The van der Waals surface area contributed by atoms with Gasteiger partial charge >= 0.3 is 0 Å². The second kappa shape index (κ2) is 7.12. The van der Waals surface area contributed by atoms with Crippen LogP contribution in [-0.2, 0) is 13.0 Å². The number of hydrogen-bond donors (Lipinski definition) is 2. The first kappa shape index (κ1) is 14.6. The maximum Gasteiger partial charge on any atom is 0.200 e. The molecule has 6 heteroatoms. The molecule has 0 saturated carbocycles. The molecular formula is C14H18N2O3S. The number of nitrogens with one attached hydrogen (secondary N) is 1. The van der Waals surface area contributed by atoms with E-state index in [1.807, 2.05) is 10.9 Å². The number of hydrogen-bond acceptors (Lipinski definition) is 6. The van der Waals surface area contributed by atoms with Gasteiger partial charge in [-0.05, 0) is 17.7 Å². The average molecular weight is 294 g/mol. The molecule has 0 saturated heterocycles. The Bertz CT molecular complexity index is 518. The molecule has 0 atom stereocenters. The van der Waals surface area contributed by atoms with Gasteiger partial charge in [0, 0.05) is 24.9 Å². The minimum absolute atomic E-state index is 0.0289. The number of thiazole rings is 1. The first-order chi connectivity index (χ1) is 9.74. The molecule has 1 heterocycles. The van der Waals surface area contributed by atoms with Gasteiger partial charge in [-0.25, -0.2) is 4.98 Å². The smallest absolute Gasteiger partial charge is 0.200 e. The molecule has 0 bridgehead atoms. The molecule has 0 aliphatic carbocycles. The summed E-state index contributed by atoms with van der Waals surface area (Å²) < 4.78 is 10.3. The lowest BCUT2D eigenvalue weighted by atomic mass is 10.1. The molecule has 108 valence electrons. The van der Waals surface area contributed by atoms with Crippen LogP contribution in [0.3, 0.4) is 0 Å². The molecule has 0 amide bonds. The number of nitrogens with zero attached hydrogens (tertiary/aromatic N) is 1. The highest BCUT2D eigenvalue weighted by molar-refractivity contribution is 7.07. The van der Waals surface area contributed by atoms with Gasteiger partial charge in [0.15, 0.2) is 11.5 Å². The lowest BCUT2D eigenvalue weighted by Crippen LogP contribution is -2.16. The highest BCUT2D eigenvalue weighted by Gasteiger charge is 2.10. The summed E-state index contributed by atoms with van der Waals surface area (Å²) in [5, 5.41) is 15.2. The first-order valence-electron chi connectivity index (χ1n) is 6.26. The molecule has 2 aromatic rings. The van der Waals surface area contributed by atoms with E-state index >= 15 is 0 Å². The van der Waals surface area contributed by atoms with Crippen molar-refractivity contribution < 1.29 is 14.6 Å². The van der Waals surface area contributed by atoms with Crippen LogP contribution in [0.15, 0.2) is 23.0 Å². The predicted octanol–water partition coefficient (Wildman–Crippen LogP) is 2.20. The molecule has 0 aliphatic rings. The first-order valence-corrected chi connectivity index (χ1v) is 7.20. The molecule has 1 aromatic heterocycles. The fraction of sp³-hybridized carbons (Fsp3) is 0.357. The number of methoxy groups -OCH3 is 2. The van der Waals surface area contributed by atoms with E-state index in [0.29, 0.717) is 18.0 Å². The van der Waals surface area contributed by atoms with Crippen molar-refractivity contribution in [3.8, 4) is 17.2 Å². The van der Waals surface area contributed by atoms with Crippen LogP contribution in [0.4, 0.5) is 0 Å². The van der Waals surface area contributed by atoms with Crippen molar-refractivity contribution in [1.29, 1.82) is 0 Å². The molecular weight excluding hydrogens is 276 g/mol. The molecule has 20 heavy (non-hydrogen) atoms. The van der Waals surface area contributed by atoms with E-state index in [2.05, 4.69) is 10.3 Å². The molecule has 0 radical (unpaired) electrons. The zero-order valence-corrected chi connectivity index (χ0v) is 12.4. The minimum Gasteiger partial charge on any atom is -0.502 e. The van der Waals surface area contributed by atoms with Crippen LogP contribution in [-0.4, -0.2) is 30.9 Å². The zero-order chi connectivity index (χ0) is 14.4. The van der Waals surface area contributed by atoms with Gasteiger partial charge in [-0.2, -0.15) is 0 Å². The maximum absolute atomic E-state index is 9.83. The summed E-state index contributed by atoms with van der Waals surface area (Å²) in [6.07, 6.45) is 0.899. The second-order valence-corrected chi connectivity index (χ2v) is 4.97. The lowest BCUT2D eigenvalue weighted by molar-refractivity contribution is 0.339. The van der Waals surface area contributed by atoms with E-state index < -0.39 is 0 Å². The summed E-state index contributed by atoms with van der Waals surface area (Å²) in [5.74, 6) is 0.863. The Hall–Kier alpha value is -1.79. The Kier molecular flexibility index (Phi) is 5.20. The molecule has 2 N–H and O–H groups in total. The van der Waals surface area contributed by atoms with Gasteiger partial charge in [-0.1, -0.05) is 0 Å². The van der Waals surface area contributed by atoms with Gasteiger partial charge < -0.3 is 19.9 Å². The monoisotopic (exact) mass is 294 g/mol. The number of rotatable bonds is 7. The van der Waals surface area contributed by atoms with E-state index in [4.69, 9.17) is 9.47 Å². The van der Waals surface area contributed by atoms with Gasteiger partial charge in [-0.3, -0.25) is 0 Å². The van der Waals surface area contributed by atoms with Crippen molar-refractivity contribution in [2.24, 2.45) is 0 Å². The van der Waals surface area contributed by atoms with Crippen molar-refractivity contribution in [3.63, 3.8) is 0 Å². The van der Waals surface area contributed by atoms with Gasteiger partial charge in [0.05, 0.1) is 25.4 Å². The summed E-state index contributed by atoms with van der Waals surface area (Å²) in [5.41, 5.74) is 3.93. The molecule has 1 aromatic carbocycles. The second-order valence-electron chi connectivity index (χ2n) is 4.26. The van der Waals surface area contributed by atoms with Gasteiger partial charge in [0.2, 0.25) is 5.75 Å². The summed E-state index contributed by atoms with van der Waals surface area (Å²) in [6, 6.07) is 3.60. The summed E-state index contributed by atoms with van der Waals surface area (Å²) in [6.45, 7) is 1.52. The number of ether oxygens (including phenoxy) is 2. The third-order valence-corrected chi connectivity index (χ3v) is 3.55. The summed E-state index contributed by atoms with van der Waals surface area (Å²) >= 11 is 1.61. The van der Waals surface area contributed by atoms with Gasteiger partial charge in [-0.15, -0.1) is 11.3 Å². The van der Waals surface area contributed by atoms with E-state index in [0.717, 1.165) is 24.2 Å². The highest BCUT2D eigenvalue weighted by Crippen LogP contribution is 2.36. The van der Waals surface area contributed by atoms with Crippen LogP contribution < -0.4 is 14.8 Å². The number of aromatic nitrogens is 1. The highest BCUT2D eigenvalue weighted by atomic mass is 32.1. The molecule has 0 aliphatic heterocycles. The Morgan fingerprint density at radius 2 is 1.95 bits per heavy atom.